The van der Waals surface area contributed by atoms with Crippen molar-refractivity contribution in [2.45, 2.75) is 12.6 Å². The molecule has 0 bridgehead atoms. The molecule has 0 radical (unpaired) electrons. The third kappa shape index (κ3) is 4.78. The summed E-state index contributed by atoms with van der Waals surface area (Å²) >= 11 is 0. The number of rotatable bonds is 6. The van der Waals surface area contributed by atoms with Gasteiger partial charge in [-0.25, -0.2) is 4.39 Å². The SMILES string of the molecule is CN1CCN(C(CO)c2ccc(OCc3ccc(F)cc3)cc2)CC1. The molecule has 5 heteroatoms. The molecule has 1 N–H and O–H groups in total. The number of nitrogens with zero attached hydrogens (tertiary/aromatic N) is 2. The molecule has 1 saturated heterocycles. The lowest BCUT2D eigenvalue weighted by Gasteiger charge is -2.37. The Morgan fingerprint density at radius 3 is 2.24 bits per heavy atom. The molecule has 0 amide bonds. The molecule has 134 valence electrons. The van der Waals surface area contributed by atoms with Crippen molar-refractivity contribution in [3.05, 3.63) is 65.5 Å². The minimum Gasteiger partial charge on any atom is -0.489 e. The quantitative estimate of drug-likeness (QED) is 0.874. The second-order valence-electron chi connectivity index (χ2n) is 6.52. The second-order valence-corrected chi connectivity index (χ2v) is 6.52. The van der Waals surface area contributed by atoms with Crippen molar-refractivity contribution in [1.82, 2.24) is 9.80 Å². The normalized spacial score (nSPS) is 17.4. The standard InChI is InChI=1S/C20H25FN2O2/c1-22-10-12-23(13-11-22)20(14-24)17-4-8-19(9-5-17)25-15-16-2-6-18(21)7-3-16/h2-9,20,24H,10-15H2,1H3. The fourth-order valence-electron chi connectivity index (χ4n) is 3.10. The van der Waals surface area contributed by atoms with Crippen LogP contribution in [0, 0.1) is 5.82 Å². The maximum absolute atomic E-state index is 12.9. The van der Waals surface area contributed by atoms with Gasteiger partial charge in [-0.2, -0.15) is 0 Å². The second kappa shape index (κ2) is 8.43. The van der Waals surface area contributed by atoms with Crippen LogP contribution in [-0.4, -0.2) is 54.7 Å². The maximum atomic E-state index is 12.9. The van der Waals surface area contributed by atoms with E-state index in [2.05, 4.69) is 16.8 Å². The van der Waals surface area contributed by atoms with Crippen molar-refractivity contribution in [1.29, 1.82) is 0 Å². The van der Waals surface area contributed by atoms with Gasteiger partial charge in [-0.05, 0) is 42.4 Å². The molecule has 1 heterocycles. The summed E-state index contributed by atoms with van der Waals surface area (Å²) in [5.74, 6) is 0.523. The number of benzene rings is 2. The largest absolute Gasteiger partial charge is 0.489 e. The van der Waals surface area contributed by atoms with E-state index in [4.69, 9.17) is 4.74 Å². The van der Waals surface area contributed by atoms with Gasteiger partial charge in [-0.3, -0.25) is 4.90 Å². The lowest BCUT2D eigenvalue weighted by atomic mass is 10.0. The van der Waals surface area contributed by atoms with E-state index in [-0.39, 0.29) is 18.5 Å². The molecule has 3 rings (SSSR count). The number of hydrogen-bond donors (Lipinski definition) is 1. The van der Waals surface area contributed by atoms with Gasteiger partial charge < -0.3 is 14.7 Å². The van der Waals surface area contributed by atoms with Crippen LogP contribution in [0.2, 0.25) is 0 Å². The Labute approximate surface area is 148 Å². The van der Waals surface area contributed by atoms with Crippen molar-refractivity contribution in [3.8, 4) is 5.75 Å². The van der Waals surface area contributed by atoms with E-state index >= 15 is 0 Å². The third-order valence-electron chi connectivity index (χ3n) is 4.74. The van der Waals surface area contributed by atoms with Gasteiger partial charge >= 0.3 is 0 Å². The molecule has 1 atom stereocenters. The Morgan fingerprint density at radius 2 is 1.64 bits per heavy atom. The molecule has 4 nitrogen and oxygen atoms in total. The van der Waals surface area contributed by atoms with E-state index in [1.807, 2.05) is 24.3 Å². The molecular formula is C20H25FN2O2. The van der Waals surface area contributed by atoms with Gasteiger partial charge in [0, 0.05) is 26.2 Å². The fourth-order valence-corrected chi connectivity index (χ4v) is 3.10. The van der Waals surface area contributed by atoms with Crippen LogP contribution in [0.1, 0.15) is 17.2 Å². The average Bonchev–Trinajstić information content (AvgIpc) is 2.64. The minimum atomic E-state index is -0.243. The first kappa shape index (κ1) is 17.9. The zero-order valence-electron chi connectivity index (χ0n) is 14.6. The van der Waals surface area contributed by atoms with Crippen LogP contribution in [-0.2, 0) is 6.61 Å². The number of likely N-dealkylation sites (N-methyl/N-ethyl adjacent to an activating group) is 1. The van der Waals surface area contributed by atoms with Crippen molar-refractivity contribution in [2.24, 2.45) is 0 Å². The highest BCUT2D eigenvalue weighted by Gasteiger charge is 2.23. The van der Waals surface area contributed by atoms with Crippen molar-refractivity contribution in [2.75, 3.05) is 39.8 Å². The zero-order valence-corrected chi connectivity index (χ0v) is 14.6. The lowest BCUT2D eigenvalue weighted by Crippen LogP contribution is -2.46. The molecule has 25 heavy (non-hydrogen) atoms. The van der Waals surface area contributed by atoms with Gasteiger partial charge in [0.2, 0.25) is 0 Å². The van der Waals surface area contributed by atoms with E-state index in [0.29, 0.717) is 6.61 Å². The molecule has 2 aromatic rings. The average molecular weight is 344 g/mol. The number of halogens is 1. The van der Waals surface area contributed by atoms with Gasteiger partial charge in [0.15, 0.2) is 0 Å². The van der Waals surface area contributed by atoms with E-state index in [0.717, 1.165) is 43.1 Å². The minimum absolute atomic E-state index is 0.0276. The fraction of sp³-hybridized carbons (Fsp3) is 0.400. The highest BCUT2D eigenvalue weighted by Crippen LogP contribution is 2.24. The van der Waals surface area contributed by atoms with Gasteiger partial charge in [0.05, 0.1) is 12.6 Å². The molecule has 0 saturated carbocycles. The number of aliphatic hydroxyl groups is 1. The molecule has 0 aliphatic carbocycles. The Balaban J connectivity index is 1.59. The molecule has 2 aromatic carbocycles. The summed E-state index contributed by atoms with van der Waals surface area (Å²) in [6.07, 6.45) is 0. The molecular weight excluding hydrogens is 319 g/mol. The van der Waals surface area contributed by atoms with Gasteiger partial charge in [0.1, 0.15) is 18.2 Å². The molecule has 1 fully saturated rings. The van der Waals surface area contributed by atoms with Gasteiger partial charge in [0.25, 0.3) is 0 Å². The Morgan fingerprint density at radius 1 is 1.00 bits per heavy atom. The van der Waals surface area contributed by atoms with E-state index in [1.165, 1.54) is 12.1 Å². The van der Waals surface area contributed by atoms with Crippen molar-refractivity contribution >= 4 is 0 Å². The molecule has 0 spiro atoms. The third-order valence-corrected chi connectivity index (χ3v) is 4.74. The Bertz CT molecular complexity index is 652. The topological polar surface area (TPSA) is 35.9 Å². The number of piperazine rings is 1. The predicted octanol–water partition coefficient (Wildman–Crippen LogP) is 2.69. The highest BCUT2D eigenvalue weighted by atomic mass is 19.1. The summed E-state index contributed by atoms with van der Waals surface area (Å²) < 4.78 is 18.7. The summed E-state index contributed by atoms with van der Waals surface area (Å²) in [5.41, 5.74) is 2.03. The first-order valence-corrected chi connectivity index (χ1v) is 8.66. The lowest BCUT2D eigenvalue weighted by molar-refractivity contribution is 0.0748. The van der Waals surface area contributed by atoms with Gasteiger partial charge in [-0.1, -0.05) is 24.3 Å². The maximum Gasteiger partial charge on any atom is 0.123 e. The van der Waals surface area contributed by atoms with Crippen molar-refractivity contribution in [3.63, 3.8) is 0 Å². The van der Waals surface area contributed by atoms with Crippen LogP contribution in [0.5, 0.6) is 5.75 Å². The number of hydrogen-bond acceptors (Lipinski definition) is 4. The van der Waals surface area contributed by atoms with E-state index in [1.54, 1.807) is 12.1 Å². The van der Waals surface area contributed by atoms with E-state index < -0.39 is 0 Å². The monoisotopic (exact) mass is 344 g/mol. The summed E-state index contributed by atoms with van der Waals surface area (Å²) in [6, 6.07) is 14.2. The first-order chi connectivity index (χ1) is 12.2. The number of ether oxygens (including phenoxy) is 1. The summed E-state index contributed by atoms with van der Waals surface area (Å²) in [6.45, 7) is 4.49. The number of aliphatic hydroxyl groups excluding tert-OH is 1. The summed E-state index contributed by atoms with van der Waals surface area (Å²) in [4.78, 5) is 4.63. The predicted molar refractivity (Wildman–Crippen MR) is 96.1 cm³/mol. The van der Waals surface area contributed by atoms with Gasteiger partial charge in [-0.15, -0.1) is 0 Å². The Kier molecular flexibility index (Phi) is 6.02. The van der Waals surface area contributed by atoms with Crippen LogP contribution in [0.4, 0.5) is 4.39 Å². The highest BCUT2D eigenvalue weighted by molar-refractivity contribution is 5.30. The van der Waals surface area contributed by atoms with E-state index in [9.17, 15) is 9.50 Å². The molecule has 1 aliphatic rings. The molecule has 0 aromatic heterocycles. The zero-order chi connectivity index (χ0) is 17.6. The van der Waals surface area contributed by atoms with Crippen LogP contribution >= 0.6 is 0 Å². The van der Waals surface area contributed by atoms with Crippen molar-refractivity contribution < 1.29 is 14.2 Å². The van der Waals surface area contributed by atoms with Crippen LogP contribution in [0.25, 0.3) is 0 Å². The molecule has 1 aliphatic heterocycles. The summed E-state index contributed by atoms with van der Waals surface area (Å²) in [7, 11) is 2.12. The first-order valence-electron chi connectivity index (χ1n) is 8.66. The van der Waals surface area contributed by atoms with Crippen LogP contribution in [0.15, 0.2) is 48.5 Å². The smallest absolute Gasteiger partial charge is 0.123 e. The molecule has 1 unspecified atom stereocenters. The summed E-state index contributed by atoms with van der Waals surface area (Å²) in [5, 5.41) is 9.82. The Hall–Kier alpha value is -1.95. The van der Waals surface area contributed by atoms with Crippen LogP contribution < -0.4 is 4.74 Å². The van der Waals surface area contributed by atoms with Crippen LogP contribution in [0.3, 0.4) is 0 Å².